The van der Waals surface area contributed by atoms with Crippen molar-refractivity contribution in [3.05, 3.63) is 0 Å². The number of alkyl carbamates (subject to hydrolysis) is 1. The molecule has 1 unspecified atom stereocenters. The average Bonchev–Trinajstić information content (AvgIpc) is 2.14. The van der Waals surface area contributed by atoms with Gasteiger partial charge in [-0.2, -0.15) is 0 Å². The lowest BCUT2D eigenvalue weighted by atomic mass is 10.2. The first-order chi connectivity index (χ1) is 7.85. The van der Waals surface area contributed by atoms with Gasteiger partial charge in [-0.1, -0.05) is 0 Å². The summed E-state index contributed by atoms with van der Waals surface area (Å²) in [4.78, 5) is 11.3. The summed E-state index contributed by atoms with van der Waals surface area (Å²) in [6.45, 7) is 12.3. The van der Waals surface area contributed by atoms with E-state index in [1.807, 2.05) is 34.6 Å². The van der Waals surface area contributed by atoms with Crippen LogP contribution in [0.1, 0.15) is 34.6 Å². The molecule has 1 amide bonds. The predicted octanol–water partition coefficient (Wildman–Crippen LogP) is 1.53. The predicted molar refractivity (Wildman–Crippen MR) is 68.2 cm³/mol. The van der Waals surface area contributed by atoms with Crippen molar-refractivity contribution >= 4 is 6.09 Å². The van der Waals surface area contributed by atoms with E-state index in [0.29, 0.717) is 13.1 Å². The molecule has 2 N–H and O–H groups in total. The van der Waals surface area contributed by atoms with Crippen LogP contribution < -0.4 is 10.6 Å². The lowest BCUT2D eigenvalue weighted by Crippen LogP contribution is -2.38. The van der Waals surface area contributed by atoms with E-state index in [2.05, 4.69) is 10.6 Å². The highest BCUT2D eigenvalue weighted by atomic mass is 16.6. The first kappa shape index (κ1) is 16.2. The number of carbonyl (C=O) groups excluding carboxylic acids is 1. The minimum Gasteiger partial charge on any atom is -0.444 e. The molecule has 0 heterocycles. The molecule has 0 aliphatic carbocycles. The van der Waals surface area contributed by atoms with Crippen LogP contribution in [0.5, 0.6) is 0 Å². The summed E-state index contributed by atoms with van der Waals surface area (Å²) in [6.07, 6.45) is -0.182. The van der Waals surface area contributed by atoms with Crippen LogP contribution in [0, 0.1) is 0 Å². The Hall–Kier alpha value is -0.810. The number of amides is 1. The molecule has 0 fully saturated rings. The fourth-order valence-electron chi connectivity index (χ4n) is 1.22. The summed E-state index contributed by atoms with van der Waals surface area (Å²) in [5, 5.41) is 5.87. The smallest absolute Gasteiger partial charge is 0.407 e. The molecular formula is C12H26N2O3. The number of rotatable bonds is 7. The van der Waals surface area contributed by atoms with Crippen molar-refractivity contribution in [1.82, 2.24) is 10.6 Å². The molecule has 0 saturated heterocycles. The Morgan fingerprint density at radius 2 is 1.94 bits per heavy atom. The maximum Gasteiger partial charge on any atom is 0.407 e. The third-order valence-corrected chi connectivity index (χ3v) is 1.85. The molecule has 0 bridgehead atoms. The highest BCUT2D eigenvalue weighted by Gasteiger charge is 2.15. The third kappa shape index (κ3) is 11.5. The van der Waals surface area contributed by atoms with E-state index >= 15 is 0 Å². The average molecular weight is 246 g/mol. The van der Waals surface area contributed by atoms with Crippen LogP contribution in [0.3, 0.4) is 0 Å². The fourth-order valence-corrected chi connectivity index (χ4v) is 1.22. The van der Waals surface area contributed by atoms with Crippen molar-refractivity contribution in [2.45, 2.75) is 46.3 Å². The number of ether oxygens (including phenoxy) is 2. The monoisotopic (exact) mass is 246 g/mol. The van der Waals surface area contributed by atoms with Gasteiger partial charge < -0.3 is 20.1 Å². The van der Waals surface area contributed by atoms with Gasteiger partial charge in [0.25, 0.3) is 0 Å². The largest absolute Gasteiger partial charge is 0.444 e. The Balaban J connectivity index is 3.43. The molecule has 0 aromatic carbocycles. The van der Waals surface area contributed by atoms with Gasteiger partial charge in [0.15, 0.2) is 0 Å². The van der Waals surface area contributed by atoms with Crippen LogP contribution in [0.25, 0.3) is 0 Å². The van der Waals surface area contributed by atoms with Crippen LogP contribution in [-0.2, 0) is 9.47 Å². The van der Waals surface area contributed by atoms with Crippen LogP contribution >= 0.6 is 0 Å². The summed E-state index contributed by atoms with van der Waals surface area (Å²) in [7, 11) is 0. The number of nitrogens with one attached hydrogen (secondary N) is 2. The van der Waals surface area contributed by atoms with E-state index in [-0.39, 0.29) is 12.2 Å². The molecule has 5 nitrogen and oxygen atoms in total. The van der Waals surface area contributed by atoms with Crippen molar-refractivity contribution in [3.63, 3.8) is 0 Å². The fraction of sp³-hybridized carbons (Fsp3) is 0.917. The van der Waals surface area contributed by atoms with Crippen molar-refractivity contribution in [1.29, 1.82) is 0 Å². The van der Waals surface area contributed by atoms with E-state index in [9.17, 15) is 4.79 Å². The second-order valence-electron chi connectivity index (χ2n) is 4.90. The summed E-state index contributed by atoms with van der Waals surface area (Å²) in [5.41, 5.74) is -0.443. The molecule has 0 aromatic heterocycles. The summed E-state index contributed by atoms with van der Waals surface area (Å²) >= 11 is 0. The standard InChI is InChI=1S/C12H26N2O3/c1-6-16-10(2)9-13-7-8-14-11(15)17-12(3,4)5/h10,13H,6-9H2,1-5H3,(H,14,15). The zero-order valence-electron chi connectivity index (χ0n) is 11.6. The first-order valence-corrected chi connectivity index (χ1v) is 6.14. The minimum atomic E-state index is -0.443. The van der Waals surface area contributed by atoms with Crippen molar-refractivity contribution in [2.75, 3.05) is 26.2 Å². The highest BCUT2D eigenvalue weighted by Crippen LogP contribution is 2.05. The molecule has 102 valence electrons. The maximum atomic E-state index is 11.3. The molecule has 0 rings (SSSR count). The summed E-state index contributed by atoms with van der Waals surface area (Å²) in [6, 6.07) is 0. The Morgan fingerprint density at radius 1 is 1.29 bits per heavy atom. The van der Waals surface area contributed by atoms with Gasteiger partial charge in [0.2, 0.25) is 0 Å². The zero-order valence-corrected chi connectivity index (χ0v) is 11.6. The maximum absolute atomic E-state index is 11.3. The van der Waals surface area contributed by atoms with Crippen LogP contribution in [0.15, 0.2) is 0 Å². The van der Waals surface area contributed by atoms with E-state index in [4.69, 9.17) is 9.47 Å². The first-order valence-electron chi connectivity index (χ1n) is 6.14. The Labute approximate surface area is 104 Å². The summed E-state index contributed by atoms with van der Waals surface area (Å²) < 4.78 is 10.5. The van der Waals surface area contributed by atoms with Gasteiger partial charge in [-0.15, -0.1) is 0 Å². The van der Waals surface area contributed by atoms with Crippen molar-refractivity contribution in [2.24, 2.45) is 0 Å². The molecule has 17 heavy (non-hydrogen) atoms. The molecule has 1 atom stereocenters. The quantitative estimate of drug-likeness (QED) is 0.669. The van der Waals surface area contributed by atoms with Gasteiger partial charge in [0.1, 0.15) is 5.60 Å². The Kier molecular flexibility index (Phi) is 7.91. The molecule has 0 aromatic rings. The number of hydrogen-bond acceptors (Lipinski definition) is 4. The molecule has 0 aliphatic rings. The third-order valence-electron chi connectivity index (χ3n) is 1.85. The lowest BCUT2D eigenvalue weighted by Gasteiger charge is -2.19. The Bertz CT molecular complexity index is 214. The van der Waals surface area contributed by atoms with Crippen molar-refractivity contribution in [3.8, 4) is 0 Å². The van der Waals surface area contributed by atoms with Crippen LogP contribution in [0.2, 0.25) is 0 Å². The van der Waals surface area contributed by atoms with Gasteiger partial charge >= 0.3 is 6.09 Å². The lowest BCUT2D eigenvalue weighted by molar-refractivity contribution is 0.0526. The normalized spacial score (nSPS) is 13.2. The van der Waals surface area contributed by atoms with E-state index in [1.54, 1.807) is 0 Å². The molecule has 0 radical (unpaired) electrons. The topological polar surface area (TPSA) is 59.6 Å². The van der Waals surface area contributed by atoms with Crippen molar-refractivity contribution < 1.29 is 14.3 Å². The molecule has 5 heteroatoms. The number of hydrogen-bond donors (Lipinski definition) is 2. The second-order valence-corrected chi connectivity index (χ2v) is 4.90. The van der Waals surface area contributed by atoms with Crippen LogP contribution in [0.4, 0.5) is 4.79 Å². The SMILES string of the molecule is CCOC(C)CNCCNC(=O)OC(C)(C)C. The zero-order chi connectivity index (χ0) is 13.3. The molecule has 0 spiro atoms. The number of carbonyl (C=O) groups is 1. The van der Waals surface area contributed by atoms with E-state index in [1.165, 1.54) is 0 Å². The highest BCUT2D eigenvalue weighted by molar-refractivity contribution is 5.67. The van der Waals surface area contributed by atoms with Crippen LogP contribution in [-0.4, -0.2) is 44.0 Å². The Morgan fingerprint density at radius 3 is 2.47 bits per heavy atom. The molecule has 0 aliphatic heterocycles. The molecular weight excluding hydrogens is 220 g/mol. The minimum absolute atomic E-state index is 0.196. The van der Waals surface area contributed by atoms with Gasteiger partial charge in [0.05, 0.1) is 6.10 Å². The molecule has 0 saturated carbocycles. The van der Waals surface area contributed by atoms with Gasteiger partial charge in [0, 0.05) is 26.2 Å². The van der Waals surface area contributed by atoms with Gasteiger partial charge in [-0.25, -0.2) is 4.79 Å². The van der Waals surface area contributed by atoms with E-state index < -0.39 is 5.60 Å². The van der Waals surface area contributed by atoms with Gasteiger partial charge in [-0.3, -0.25) is 0 Å². The summed E-state index contributed by atoms with van der Waals surface area (Å²) in [5.74, 6) is 0. The van der Waals surface area contributed by atoms with E-state index in [0.717, 1.165) is 13.2 Å². The van der Waals surface area contributed by atoms with Gasteiger partial charge in [-0.05, 0) is 34.6 Å². The second kappa shape index (κ2) is 8.31.